The van der Waals surface area contributed by atoms with Crippen molar-refractivity contribution >= 4 is 17.0 Å². The van der Waals surface area contributed by atoms with Gasteiger partial charge in [0.05, 0.1) is 19.0 Å². The number of imidazole rings is 1. The highest BCUT2D eigenvalue weighted by atomic mass is 16.5. The maximum atomic E-state index is 10.3. The zero-order valence-corrected chi connectivity index (χ0v) is 11.4. The molecule has 0 unspecified atom stereocenters. The van der Waals surface area contributed by atoms with Crippen molar-refractivity contribution in [3.05, 3.63) is 12.7 Å². The number of nitrogens with zero attached hydrogens (tertiary/aromatic N) is 4. The normalized spacial score (nSPS) is 30.9. The first kappa shape index (κ1) is 14.1. The summed E-state index contributed by atoms with van der Waals surface area (Å²) in [6.07, 6.45) is -0.596. The molecule has 3 rings (SSSR count). The molecular weight excluding hydrogens is 278 g/mol. The van der Waals surface area contributed by atoms with E-state index in [9.17, 15) is 10.2 Å². The fourth-order valence-corrected chi connectivity index (χ4v) is 2.65. The van der Waals surface area contributed by atoms with Crippen LogP contribution in [0.5, 0.6) is 0 Å². The second kappa shape index (κ2) is 5.19. The first-order chi connectivity index (χ1) is 10.0. The maximum Gasteiger partial charge on any atom is 0.167 e. The van der Waals surface area contributed by atoms with Crippen molar-refractivity contribution in [1.29, 1.82) is 0 Å². The van der Waals surface area contributed by atoms with Gasteiger partial charge in [0.15, 0.2) is 17.7 Å². The SMILES string of the molecule is C[C@H]1[C@@H](O)[C@H](n2cnc3c(N)ncnc32)O[C@@H]1[C@H](O)CO. The molecule has 21 heavy (non-hydrogen) atoms. The Morgan fingerprint density at radius 2 is 2.19 bits per heavy atom. The topological polar surface area (TPSA) is 140 Å². The van der Waals surface area contributed by atoms with Crippen LogP contribution in [0.25, 0.3) is 11.2 Å². The molecule has 0 aliphatic carbocycles. The number of rotatable bonds is 3. The number of aliphatic hydroxyl groups excluding tert-OH is 3. The van der Waals surface area contributed by atoms with Crippen molar-refractivity contribution in [3.8, 4) is 0 Å². The Kier molecular flexibility index (Phi) is 3.49. The number of nitrogens with two attached hydrogens (primary N) is 1. The standard InChI is InChI=1S/C12H17N5O4/c1-5-8(20)12(21-9(5)6(19)2-18)17-4-16-7-10(13)14-3-15-11(7)17/h3-6,8-9,12,18-20H,2H2,1H3,(H2,13,14,15)/t5-,6+,8+,9-,12+/m0/s1. The minimum atomic E-state index is -1.06. The zero-order valence-electron chi connectivity index (χ0n) is 11.4. The van der Waals surface area contributed by atoms with Crippen LogP contribution in [0, 0.1) is 5.92 Å². The van der Waals surface area contributed by atoms with Crippen LogP contribution in [0.4, 0.5) is 5.82 Å². The Labute approximate surface area is 120 Å². The third kappa shape index (κ3) is 2.14. The summed E-state index contributed by atoms with van der Waals surface area (Å²) in [5.74, 6) is -0.111. The molecule has 1 saturated heterocycles. The highest BCUT2D eigenvalue weighted by Crippen LogP contribution is 2.36. The predicted molar refractivity (Wildman–Crippen MR) is 71.9 cm³/mol. The molecule has 0 aromatic carbocycles. The average Bonchev–Trinajstić information content (AvgIpc) is 3.02. The summed E-state index contributed by atoms with van der Waals surface area (Å²) in [4.78, 5) is 12.1. The van der Waals surface area contributed by atoms with E-state index in [0.717, 1.165) is 0 Å². The van der Waals surface area contributed by atoms with E-state index < -0.39 is 31.1 Å². The number of fused-ring (bicyclic) bond motifs is 1. The minimum Gasteiger partial charge on any atom is -0.394 e. The van der Waals surface area contributed by atoms with E-state index in [4.69, 9.17) is 15.6 Å². The van der Waals surface area contributed by atoms with Gasteiger partial charge in [-0.05, 0) is 0 Å². The van der Waals surface area contributed by atoms with Gasteiger partial charge >= 0.3 is 0 Å². The lowest BCUT2D eigenvalue weighted by Gasteiger charge is -2.19. The Balaban J connectivity index is 1.98. The van der Waals surface area contributed by atoms with E-state index in [0.29, 0.717) is 11.2 Å². The number of aromatic nitrogens is 4. The molecule has 1 fully saturated rings. The lowest BCUT2D eigenvalue weighted by atomic mass is 9.97. The number of ether oxygens (including phenoxy) is 1. The number of aliphatic hydroxyl groups is 3. The molecule has 0 saturated carbocycles. The first-order valence-electron chi connectivity index (χ1n) is 6.60. The molecule has 2 aromatic heterocycles. The van der Waals surface area contributed by atoms with E-state index in [1.807, 2.05) is 0 Å². The van der Waals surface area contributed by atoms with Gasteiger partial charge in [0.1, 0.15) is 24.1 Å². The minimum absolute atomic E-state index is 0.242. The highest BCUT2D eigenvalue weighted by molar-refractivity contribution is 5.81. The zero-order chi connectivity index (χ0) is 15.1. The summed E-state index contributed by atoms with van der Waals surface area (Å²) in [6.45, 7) is 1.31. The van der Waals surface area contributed by atoms with Crippen molar-refractivity contribution < 1.29 is 20.1 Å². The number of hydrogen-bond donors (Lipinski definition) is 4. The fourth-order valence-electron chi connectivity index (χ4n) is 2.65. The van der Waals surface area contributed by atoms with Crippen molar-refractivity contribution in [1.82, 2.24) is 19.5 Å². The summed E-state index contributed by atoms with van der Waals surface area (Å²) in [5.41, 5.74) is 6.59. The Hall–Kier alpha value is -1.81. The summed E-state index contributed by atoms with van der Waals surface area (Å²) < 4.78 is 7.25. The van der Waals surface area contributed by atoms with Gasteiger partial charge in [-0.25, -0.2) is 15.0 Å². The van der Waals surface area contributed by atoms with Crippen molar-refractivity contribution in [2.24, 2.45) is 5.92 Å². The lowest BCUT2D eigenvalue weighted by molar-refractivity contribution is -0.0882. The second-order valence-electron chi connectivity index (χ2n) is 5.17. The van der Waals surface area contributed by atoms with E-state index in [2.05, 4.69) is 15.0 Å². The number of hydrogen-bond acceptors (Lipinski definition) is 8. The molecule has 9 nitrogen and oxygen atoms in total. The largest absolute Gasteiger partial charge is 0.394 e. The summed E-state index contributed by atoms with van der Waals surface area (Å²) >= 11 is 0. The van der Waals surface area contributed by atoms with Crippen LogP contribution in [0.1, 0.15) is 13.2 Å². The average molecular weight is 295 g/mol. The van der Waals surface area contributed by atoms with Gasteiger partial charge in [0.2, 0.25) is 0 Å². The van der Waals surface area contributed by atoms with Crippen LogP contribution in [-0.2, 0) is 4.74 Å². The Morgan fingerprint density at radius 3 is 2.90 bits per heavy atom. The van der Waals surface area contributed by atoms with Gasteiger partial charge < -0.3 is 25.8 Å². The van der Waals surface area contributed by atoms with Crippen LogP contribution < -0.4 is 5.73 Å². The van der Waals surface area contributed by atoms with Crippen LogP contribution in [-0.4, -0.2) is 59.8 Å². The lowest BCUT2D eigenvalue weighted by Crippen LogP contribution is -2.34. The van der Waals surface area contributed by atoms with Gasteiger partial charge in [-0.2, -0.15) is 0 Å². The monoisotopic (exact) mass is 295 g/mol. The molecule has 0 amide bonds. The molecule has 9 heteroatoms. The summed E-state index contributed by atoms with van der Waals surface area (Å²) in [7, 11) is 0. The number of nitrogen functional groups attached to an aromatic ring is 1. The van der Waals surface area contributed by atoms with Crippen LogP contribution in [0.2, 0.25) is 0 Å². The molecular formula is C12H17N5O4. The molecule has 2 aromatic rings. The third-order valence-corrected chi connectivity index (χ3v) is 3.87. The number of anilines is 1. The molecule has 1 aliphatic heterocycles. The van der Waals surface area contributed by atoms with Crippen molar-refractivity contribution in [3.63, 3.8) is 0 Å². The van der Waals surface area contributed by atoms with Gasteiger partial charge in [0, 0.05) is 5.92 Å². The second-order valence-corrected chi connectivity index (χ2v) is 5.17. The van der Waals surface area contributed by atoms with Crippen LogP contribution >= 0.6 is 0 Å². The van der Waals surface area contributed by atoms with Crippen molar-refractivity contribution in [2.75, 3.05) is 12.3 Å². The molecule has 5 atom stereocenters. The maximum absolute atomic E-state index is 10.3. The van der Waals surface area contributed by atoms with E-state index in [-0.39, 0.29) is 11.7 Å². The molecule has 0 bridgehead atoms. The Morgan fingerprint density at radius 1 is 1.43 bits per heavy atom. The summed E-state index contributed by atoms with van der Waals surface area (Å²) in [6, 6.07) is 0. The van der Waals surface area contributed by atoms with Crippen LogP contribution in [0.15, 0.2) is 12.7 Å². The molecule has 3 heterocycles. The smallest absolute Gasteiger partial charge is 0.167 e. The van der Waals surface area contributed by atoms with E-state index in [1.165, 1.54) is 12.7 Å². The fraction of sp³-hybridized carbons (Fsp3) is 0.583. The third-order valence-electron chi connectivity index (χ3n) is 3.87. The Bertz CT molecular complexity index is 648. The molecule has 114 valence electrons. The highest BCUT2D eigenvalue weighted by Gasteiger charge is 2.45. The van der Waals surface area contributed by atoms with Crippen LogP contribution in [0.3, 0.4) is 0 Å². The van der Waals surface area contributed by atoms with Gasteiger partial charge in [-0.1, -0.05) is 6.92 Å². The molecule has 0 radical (unpaired) electrons. The van der Waals surface area contributed by atoms with E-state index >= 15 is 0 Å². The summed E-state index contributed by atoms with van der Waals surface area (Å²) in [5, 5.41) is 29.2. The predicted octanol–water partition coefficient (Wildman–Crippen LogP) is -1.34. The van der Waals surface area contributed by atoms with Gasteiger partial charge in [0.25, 0.3) is 0 Å². The van der Waals surface area contributed by atoms with E-state index in [1.54, 1.807) is 11.5 Å². The van der Waals surface area contributed by atoms with Gasteiger partial charge in [-0.3, -0.25) is 4.57 Å². The quantitative estimate of drug-likeness (QED) is 0.545. The first-order valence-corrected chi connectivity index (χ1v) is 6.60. The van der Waals surface area contributed by atoms with Gasteiger partial charge in [-0.15, -0.1) is 0 Å². The molecule has 1 aliphatic rings. The molecule has 0 spiro atoms. The molecule has 5 N–H and O–H groups in total. The van der Waals surface area contributed by atoms with Crippen molar-refractivity contribution in [2.45, 2.75) is 31.5 Å².